The molecule has 1 heterocycles. The molecule has 0 fully saturated rings. The number of aryl methyl sites for hydroxylation is 1. The number of aromatic nitrogens is 2. The van der Waals surface area contributed by atoms with Crippen molar-refractivity contribution in [3.05, 3.63) is 153 Å². The zero-order valence-electron chi connectivity index (χ0n) is 24.3. The fourth-order valence-corrected chi connectivity index (χ4v) is 5.16. The average Bonchev–Trinajstić information content (AvgIpc) is 2.99. The van der Waals surface area contributed by atoms with Crippen molar-refractivity contribution in [2.75, 3.05) is 0 Å². The molecule has 0 aliphatic carbocycles. The molecule has 0 aliphatic rings. The Morgan fingerprint density at radius 2 is 1.40 bits per heavy atom. The van der Waals surface area contributed by atoms with Crippen LogP contribution in [-0.4, -0.2) is 9.55 Å². The van der Waals surface area contributed by atoms with Gasteiger partial charge < -0.3 is 0 Å². The Labute approximate surface area is 246 Å². The molecule has 0 amide bonds. The monoisotopic (exact) mass is 544 g/mol. The van der Waals surface area contributed by atoms with Gasteiger partial charge in [-0.05, 0) is 94.4 Å². The third-order valence-corrected chi connectivity index (χ3v) is 7.54. The molecule has 5 aromatic carbocycles. The summed E-state index contributed by atoms with van der Waals surface area (Å²) in [5.74, 6) is 7.15. The van der Waals surface area contributed by atoms with E-state index in [4.69, 9.17) is 4.98 Å². The first-order chi connectivity index (χ1) is 20.3. The number of benzene rings is 5. The minimum absolute atomic E-state index is 0.0976. The standard InChI is InChI=1S/C39H32N2O/c1-27-25-29(14-13-28-16-21-33(22-17-28)39(2,3)4)18-23-36(27)41-37(40-35-12-8-7-11-34(35)38(41)42)24-19-30-15-20-31-9-5-6-10-32(31)26-30/h5-12,15-26H,1-4H3/b24-19+. The molecule has 3 nitrogen and oxygen atoms in total. The predicted molar refractivity (Wildman–Crippen MR) is 176 cm³/mol. The van der Waals surface area contributed by atoms with Crippen molar-refractivity contribution in [2.45, 2.75) is 33.1 Å². The molecule has 0 unspecified atom stereocenters. The SMILES string of the molecule is Cc1cc(C#Cc2ccc(C(C)(C)C)cc2)ccc1-n1c(/C=C/c2ccc3ccccc3c2)nc2ccccc2c1=O. The summed E-state index contributed by atoms with van der Waals surface area (Å²) in [4.78, 5) is 18.7. The zero-order valence-corrected chi connectivity index (χ0v) is 24.3. The van der Waals surface area contributed by atoms with Crippen LogP contribution in [0.1, 0.15) is 54.4 Å². The summed E-state index contributed by atoms with van der Waals surface area (Å²) in [6.45, 7) is 8.63. The van der Waals surface area contributed by atoms with Crippen molar-refractivity contribution in [1.29, 1.82) is 0 Å². The molecule has 3 heteroatoms. The zero-order chi connectivity index (χ0) is 29.3. The number of fused-ring (bicyclic) bond motifs is 2. The molecule has 0 radical (unpaired) electrons. The summed E-state index contributed by atoms with van der Waals surface area (Å²) in [5.41, 5.74) is 6.62. The number of para-hydroxylation sites is 1. The van der Waals surface area contributed by atoms with Gasteiger partial charge >= 0.3 is 0 Å². The van der Waals surface area contributed by atoms with Crippen molar-refractivity contribution >= 4 is 33.8 Å². The molecule has 0 spiro atoms. The summed E-state index contributed by atoms with van der Waals surface area (Å²) >= 11 is 0. The molecule has 204 valence electrons. The Morgan fingerprint density at radius 1 is 0.714 bits per heavy atom. The Balaban J connectivity index is 1.39. The van der Waals surface area contributed by atoms with Gasteiger partial charge in [0.15, 0.2) is 0 Å². The highest BCUT2D eigenvalue weighted by Gasteiger charge is 2.14. The smallest absolute Gasteiger partial charge is 0.266 e. The fourth-order valence-electron chi connectivity index (χ4n) is 5.16. The van der Waals surface area contributed by atoms with Gasteiger partial charge in [0.1, 0.15) is 5.82 Å². The molecule has 0 saturated heterocycles. The summed E-state index contributed by atoms with van der Waals surface area (Å²) in [6, 6.07) is 36.5. The van der Waals surface area contributed by atoms with E-state index in [0.717, 1.165) is 27.9 Å². The van der Waals surface area contributed by atoms with Gasteiger partial charge in [-0.15, -0.1) is 0 Å². The van der Waals surface area contributed by atoms with Gasteiger partial charge in [0, 0.05) is 11.1 Å². The molecule has 6 rings (SSSR count). The molecule has 0 atom stereocenters. The van der Waals surface area contributed by atoms with Gasteiger partial charge in [-0.3, -0.25) is 9.36 Å². The second kappa shape index (κ2) is 11.0. The lowest BCUT2D eigenvalue weighted by atomic mass is 9.87. The summed E-state index contributed by atoms with van der Waals surface area (Å²) in [6.07, 6.45) is 3.94. The van der Waals surface area contributed by atoms with E-state index < -0.39 is 0 Å². The van der Waals surface area contributed by atoms with E-state index in [1.54, 1.807) is 4.57 Å². The molecule has 42 heavy (non-hydrogen) atoms. The van der Waals surface area contributed by atoms with Crippen LogP contribution in [0.25, 0.3) is 39.5 Å². The second-order valence-corrected chi connectivity index (χ2v) is 11.6. The van der Waals surface area contributed by atoms with Gasteiger partial charge in [-0.1, -0.05) is 99.4 Å². The van der Waals surface area contributed by atoms with Gasteiger partial charge in [0.2, 0.25) is 0 Å². The normalized spacial score (nSPS) is 11.6. The lowest BCUT2D eigenvalue weighted by Crippen LogP contribution is -2.23. The van der Waals surface area contributed by atoms with Crippen LogP contribution < -0.4 is 5.56 Å². The highest BCUT2D eigenvalue weighted by atomic mass is 16.1. The van der Waals surface area contributed by atoms with Crippen molar-refractivity contribution in [3.63, 3.8) is 0 Å². The van der Waals surface area contributed by atoms with E-state index in [1.807, 2.05) is 73.7 Å². The lowest BCUT2D eigenvalue weighted by Gasteiger charge is -2.18. The second-order valence-electron chi connectivity index (χ2n) is 11.6. The van der Waals surface area contributed by atoms with Crippen molar-refractivity contribution in [1.82, 2.24) is 9.55 Å². The van der Waals surface area contributed by atoms with Crippen LogP contribution in [0.2, 0.25) is 0 Å². The van der Waals surface area contributed by atoms with Crippen LogP contribution >= 0.6 is 0 Å². The largest absolute Gasteiger partial charge is 0.268 e. The van der Waals surface area contributed by atoms with Crippen LogP contribution in [-0.2, 0) is 5.41 Å². The maximum Gasteiger partial charge on any atom is 0.266 e. The molecular weight excluding hydrogens is 512 g/mol. The Bertz CT molecular complexity index is 2100. The Morgan fingerprint density at radius 3 is 2.17 bits per heavy atom. The fraction of sp³-hybridized carbons (Fsp3) is 0.128. The number of hydrogen-bond acceptors (Lipinski definition) is 2. The Hall–Kier alpha value is -5.20. The van der Waals surface area contributed by atoms with E-state index in [2.05, 4.69) is 87.2 Å². The van der Waals surface area contributed by atoms with Crippen molar-refractivity contribution in [2.24, 2.45) is 0 Å². The van der Waals surface area contributed by atoms with E-state index in [0.29, 0.717) is 16.7 Å². The molecule has 0 N–H and O–H groups in total. The van der Waals surface area contributed by atoms with Gasteiger partial charge in [0.05, 0.1) is 16.6 Å². The van der Waals surface area contributed by atoms with Crippen LogP contribution in [0.5, 0.6) is 0 Å². The van der Waals surface area contributed by atoms with Gasteiger partial charge in [0.25, 0.3) is 5.56 Å². The summed E-state index contributed by atoms with van der Waals surface area (Å²) in [7, 11) is 0. The molecule has 0 saturated carbocycles. The first kappa shape index (κ1) is 27.0. The topological polar surface area (TPSA) is 34.9 Å². The molecule has 6 aromatic rings. The molecule has 0 aliphatic heterocycles. The van der Waals surface area contributed by atoms with Crippen LogP contribution in [0.4, 0.5) is 0 Å². The third kappa shape index (κ3) is 5.53. The van der Waals surface area contributed by atoms with Gasteiger partial charge in [-0.2, -0.15) is 0 Å². The van der Waals surface area contributed by atoms with Crippen LogP contribution in [0.3, 0.4) is 0 Å². The summed E-state index contributed by atoms with van der Waals surface area (Å²) in [5, 5.41) is 2.94. The molecule has 1 aromatic heterocycles. The number of nitrogens with zero attached hydrogens (tertiary/aromatic N) is 2. The maximum absolute atomic E-state index is 13.8. The lowest BCUT2D eigenvalue weighted by molar-refractivity contribution is 0.590. The van der Waals surface area contributed by atoms with E-state index in [-0.39, 0.29) is 11.0 Å². The van der Waals surface area contributed by atoms with E-state index in [9.17, 15) is 4.79 Å². The minimum Gasteiger partial charge on any atom is -0.268 e. The first-order valence-corrected chi connectivity index (χ1v) is 14.2. The summed E-state index contributed by atoms with van der Waals surface area (Å²) < 4.78 is 1.71. The van der Waals surface area contributed by atoms with Crippen LogP contribution in [0.15, 0.2) is 114 Å². The average molecular weight is 545 g/mol. The maximum atomic E-state index is 13.8. The van der Waals surface area contributed by atoms with E-state index in [1.165, 1.54) is 16.3 Å². The van der Waals surface area contributed by atoms with Gasteiger partial charge in [-0.25, -0.2) is 4.98 Å². The highest BCUT2D eigenvalue weighted by Crippen LogP contribution is 2.23. The highest BCUT2D eigenvalue weighted by molar-refractivity contribution is 5.86. The number of hydrogen-bond donors (Lipinski definition) is 0. The minimum atomic E-state index is -0.0976. The van der Waals surface area contributed by atoms with Crippen molar-refractivity contribution < 1.29 is 0 Å². The van der Waals surface area contributed by atoms with E-state index >= 15 is 0 Å². The first-order valence-electron chi connectivity index (χ1n) is 14.2. The molecule has 0 bridgehead atoms. The van der Waals surface area contributed by atoms with Crippen molar-refractivity contribution in [3.8, 4) is 17.5 Å². The molecular formula is C39H32N2O. The quantitative estimate of drug-likeness (QED) is 0.209. The van der Waals surface area contributed by atoms with Crippen LogP contribution in [0, 0.1) is 18.8 Å². The number of rotatable bonds is 3. The predicted octanol–water partition coefficient (Wildman–Crippen LogP) is 8.72. The Kier molecular flexibility index (Phi) is 7.07. The third-order valence-electron chi connectivity index (χ3n) is 7.54.